The highest BCUT2D eigenvalue weighted by Crippen LogP contribution is 2.25. The zero-order valence-corrected chi connectivity index (χ0v) is 7.17. The van der Waals surface area contributed by atoms with Crippen LogP contribution in [0.25, 0.3) is 10.9 Å². The molecule has 0 bridgehead atoms. The van der Waals surface area contributed by atoms with Crippen LogP contribution in [0.1, 0.15) is 5.82 Å². The predicted molar refractivity (Wildman–Crippen MR) is 45.2 cm³/mol. The molecule has 0 saturated heterocycles. The average molecular weight is 215 g/mol. The van der Waals surface area contributed by atoms with Crippen molar-refractivity contribution in [3.05, 3.63) is 34.6 Å². The molecule has 0 saturated carbocycles. The number of aromatic amines is 1. The smallest absolute Gasteiger partial charge is 0.302 e. The Kier molecular flexibility index (Phi) is 1.95. The fraction of sp³-hybridized carbons (Fsp3) is 0.125. The fourth-order valence-corrected chi connectivity index (χ4v) is 1.12. The quantitative estimate of drug-likeness (QED) is 0.721. The lowest BCUT2D eigenvalue weighted by atomic mass is 10.3. The Balaban J connectivity index is 2.79. The summed E-state index contributed by atoms with van der Waals surface area (Å²) in [7, 11) is 0. The topological polar surface area (TPSA) is 58.6 Å². The van der Waals surface area contributed by atoms with Crippen LogP contribution in [0.3, 0.4) is 0 Å². The summed E-state index contributed by atoms with van der Waals surface area (Å²) in [6.45, 7) is 0. The van der Waals surface area contributed by atoms with Crippen LogP contribution in [0, 0.1) is 0 Å². The molecular formula is C8H4F3N3O. The maximum Gasteiger partial charge on any atom is 0.449 e. The van der Waals surface area contributed by atoms with Crippen molar-refractivity contribution in [2.75, 3.05) is 0 Å². The van der Waals surface area contributed by atoms with Crippen LogP contribution in [0.4, 0.5) is 13.2 Å². The van der Waals surface area contributed by atoms with Crippen molar-refractivity contribution in [2.45, 2.75) is 6.18 Å². The molecule has 4 nitrogen and oxygen atoms in total. The third-order valence-corrected chi connectivity index (χ3v) is 1.78. The molecule has 0 aromatic carbocycles. The monoisotopic (exact) mass is 215 g/mol. The maximum atomic E-state index is 12.2. The first kappa shape index (κ1) is 9.63. The molecule has 0 aliphatic rings. The largest absolute Gasteiger partial charge is 0.449 e. The molecule has 0 amide bonds. The Morgan fingerprint density at radius 3 is 2.73 bits per heavy atom. The highest BCUT2D eigenvalue weighted by atomic mass is 19.4. The molecule has 0 radical (unpaired) electrons. The molecule has 15 heavy (non-hydrogen) atoms. The van der Waals surface area contributed by atoms with Gasteiger partial charge in [0.2, 0.25) is 5.82 Å². The van der Waals surface area contributed by atoms with E-state index in [1.54, 1.807) is 4.98 Å². The minimum atomic E-state index is -4.66. The van der Waals surface area contributed by atoms with Gasteiger partial charge in [-0.25, -0.2) is 4.98 Å². The number of alkyl halides is 3. The van der Waals surface area contributed by atoms with Gasteiger partial charge >= 0.3 is 6.18 Å². The molecule has 0 spiro atoms. The zero-order valence-electron chi connectivity index (χ0n) is 7.17. The van der Waals surface area contributed by atoms with Gasteiger partial charge in [0, 0.05) is 6.20 Å². The van der Waals surface area contributed by atoms with Gasteiger partial charge in [-0.1, -0.05) is 0 Å². The van der Waals surface area contributed by atoms with E-state index in [9.17, 15) is 18.0 Å². The van der Waals surface area contributed by atoms with Gasteiger partial charge in [-0.2, -0.15) is 13.2 Å². The summed E-state index contributed by atoms with van der Waals surface area (Å²) in [6.07, 6.45) is -2.24. The van der Waals surface area contributed by atoms with Crippen LogP contribution in [0.2, 0.25) is 0 Å². The highest BCUT2D eigenvalue weighted by molar-refractivity contribution is 5.75. The second-order valence-electron chi connectivity index (χ2n) is 2.81. The summed E-state index contributed by atoms with van der Waals surface area (Å²) < 4.78 is 36.7. The van der Waals surface area contributed by atoms with Gasteiger partial charge < -0.3 is 4.98 Å². The Morgan fingerprint density at radius 2 is 2.07 bits per heavy atom. The molecular weight excluding hydrogens is 211 g/mol. The lowest BCUT2D eigenvalue weighted by molar-refractivity contribution is -0.144. The molecule has 7 heteroatoms. The Labute approximate surface area is 80.8 Å². The number of hydrogen-bond acceptors (Lipinski definition) is 3. The van der Waals surface area contributed by atoms with E-state index in [0.29, 0.717) is 0 Å². The van der Waals surface area contributed by atoms with Crippen LogP contribution in [-0.2, 0) is 6.18 Å². The summed E-state index contributed by atoms with van der Waals surface area (Å²) in [5.74, 6) is -1.31. The Hall–Kier alpha value is -1.92. The van der Waals surface area contributed by atoms with E-state index in [-0.39, 0.29) is 10.9 Å². The first-order valence-electron chi connectivity index (χ1n) is 3.90. The van der Waals surface area contributed by atoms with Gasteiger partial charge in [0.25, 0.3) is 5.56 Å². The van der Waals surface area contributed by atoms with E-state index in [1.807, 2.05) is 0 Å². The summed E-state index contributed by atoms with van der Waals surface area (Å²) in [5.41, 5.74) is -0.900. The number of pyridine rings is 1. The summed E-state index contributed by atoms with van der Waals surface area (Å²) >= 11 is 0. The Morgan fingerprint density at radius 1 is 1.33 bits per heavy atom. The molecule has 2 heterocycles. The van der Waals surface area contributed by atoms with E-state index in [1.165, 1.54) is 12.3 Å². The van der Waals surface area contributed by atoms with E-state index in [4.69, 9.17) is 0 Å². The van der Waals surface area contributed by atoms with Gasteiger partial charge in [0.15, 0.2) is 0 Å². The summed E-state index contributed by atoms with van der Waals surface area (Å²) in [4.78, 5) is 19.8. The van der Waals surface area contributed by atoms with Crippen molar-refractivity contribution in [3.8, 4) is 0 Å². The minimum Gasteiger partial charge on any atom is -0.302 e. The van der Waals surface area contributed by atoms with Gasteiger partial charge in [0.05, 0.1) is 17.1 Å². The number of hydrogen-bond donors (Lipinski definition) is 1. The number of aromatic nitrogens is 3. The van der Waals surface area contributed by atoms with E-state index in [0.717, 1.165) is 6.20 Å². The molecule has 2 rings (SSSR count). The molecule has 0 aliphatic heterocycles. The summed E-state index contributed by atoms with van der Waals surface area (Å²) in [5, 5.41) is 0.0815. The molecule has 0 fully saturated rings. The van der Waals surface area contributed by atoms with Crippen molar-refractivity contribution in [1.82, 2.24) is 15.0 Å². The molecule has 0 atom stereocenters. The van der Waals surface area contributed by atoms with Crippen LogP contribution in [0.5, 0.6) is 0 Å². The highest BCUT2D eigenvalue weighted by Gasteiger charge is 2.34. The standard InChI is InChI=1S/C8H4F3N3O/c9-8(10,11)7-13-5-3-12-2-1-4(5)6(15)14-7/h1-3H,(H,13,14,15). The number of rotatable bonds is 0. The predicted octanol–water partition coefficient (Wildman–Crippen LogP) is 1.34. The van der Waals surface area contributed by atoms with Crippen molar-refractivity contribution in [1.29, 1.82) is 0 Å². The zero-order chi connectivity index (χ0) is 11.1. The lowest BCUT2D eigenvalue weighted by Crippen LogP contribution is -2.19. The summed E-state index contributed by atoms with van der Waals surface area (Å²) in [6, 6.07) is 1.31. The van der Waals surface area contributed by atoms with Crippen molar-refractivity contribution in [3.63, 3.8) is 0 Å². The number of fused-ring (bicyclic) bond motifs is 1. The van der Waals surface area contributed by atoms with E-state index in [2.05, 4.69) is 9.97 Å². The first-order chi connectivity index (χ1) is 6.98. The van der Waals surface area contributed by atoms with Crippen LogP contribution < -0.4 is 5.56 Å². The number of halogens is 3. The second-order valence-corrected chi connectivity index (χ2v) is 2.81. The number of H-pyrrole nitrogens is 1. The fourth-order valence-electron chi connectivity index (χ4n) is 1.12. The molecule has 0 unspecified atom stereocenters. The molecule has 2 aromatic heterocycles. The van der Waals surface area contributed by atoms with Gasteiger partial charge in [-0.05, 0) is 6.07 Å². The van der Waals surface area contributed by atoms with E-state index >= 15 is 0 Å². The van der Waals surface area contributed by atoms with Crippen LogP contribution in [-0.4, -0.2) is 15.0 Å². The first-order valence-corrected chi connectivity index (χ1v) is 3.90. The van der Waals surface area contributed by atoms with Crippen molar-refractivity contribution >= 4 is 10.9 Å². The molecule has 2 aromatic rings. The third-order valence-electron chi connectivity index (χ3n) is 1.78. The van der Waals surface area contributed by atoms with Crippen LogP contribution >= 0.6 is 0 Å². The van der Waals surface area contributed by atoms with Gasteiger partial charge in [-0.3, -0.25) is 9.78 Å². The van der Waals surface area contributed by atoms with Crippen LogP contribution in [0.15, 0.2) is 23.3 Å². The normalized spacial score (nSPS) is 11.9. The SMILES string of the molecule is O=c1[nH]c(C(F)(F)F)nc2cnccc12. The van der Waals surface area contributed by atoms with E-state index < -0.39 is 17.6 Å². The van der Waals surface area contributed by atoms with Gasteiger partial charge in [-0.15, -0.1) is 0 Å². The Bertz CT molecular complexity index is 561. The molecule has 78 valence electrons. The number of nitrogens with one attached hydrogen (secondary N) is 1. The molecule has 1 N–H and O–H groups in total. The molecule has 0 aliphatic carbocycles. The minimum absolute atomic E-state index is 0.0754. The second kappa shape index (κ2) is 3.04. The average Bonchev–Trinajstić information content (AvgIpc) is 2.16. The van der Waals surface area contributed by atoms with Crippen molar-refractivity contribution in [2.24, 2.45) is 0 Å². The third kappa shape index (κ3) is 1.67. The van der Waals surface area contributed by atoms with Gasteiger partial charge in [0.1, 0.15) is 0 Å². The maximum absolute atomic E-state index is 12.2. The number of nitrogens with zero attached hydrogens (tertiary/aromatic N) is 2. The van der Waals surface area contributed by atoms with Crippen molar-refractivity contribution < 1.29 is 13.2 Å². The lowest BCUT2D eigenvalue weighted by Gasteiger charge is -2.05.